The molecule has 1 aromatic carbocycles. The Morgan fingerprint density at radius 1 is 1.47 bits per heavy atom. The van der Waals surface area contributed by atoms with Crippen LogP contribution in [-0.2, 0) is 0 Å². The summed E-state index contributed by atoms with van der Waals surface area (Å²) in [5.41, 5.74) is 1.38. The maximum absolute atomic E-state index is 5.96. The molecule has 1 fully saturated rings. The summed E-state index contributed by atoms with van der Waals surface area (Å²) >= 11 is 3.63. The van der Waals surface area contributed by atoms with Gasteiger partial charge in [-0.3, -0.25) is 0 Å². The Morgan fingerprint density at radius 2 is 2.32 bits per heavy atom. The van der Waals surface area contributed by atoms with Crippen molar-refractivity contribution in [3.8, 4) is 5.75 Å². The predicted octanol–water partition coefficient (Wildman–Crippen LogP) is 4.34. The number of rotatable bonds is 5. The number of piperidine rings is 1. The number of ether oxygens (including phenoxy) is 1. The summed E-state index contributed by atoms with van der Waals surface area (Å²) in [5.74, 6) is 2.22. The van der Waals surface area contributed by atoms with Crippen LogP contribution in [0.3, 0.4) is 0 Å². The number of hydrogen-bond acceptors (Lipinski definition) is 2. The molecule has 2 unspecified atom stereocenters. The van der Waals surface area contributed by atoms with Gasteiger partial charge in [-0.05, 0) is 65.4 Å². The van der Waals surface area contributed by atoms with Crippen molar-refractivity contribution in [2.24, 2.45) is 5.92 Å². The van der Waals surface area contributed by atoms with Gasteiger partial charge in [-0.1, -0.05) is 19.9 Å². The van der Waals surface area contributed by atoms with E-state index in [2.05, 4.69) is 53.3 Å². The number of hydrogen-bond donors (Lipinski definition) is 1. The number of nitrogens with one attached hydrogen (secondary N) is 1. The molecule has 0 aliphatic carbocycles. The Balaban J connectivity index is 1.93. The summed E-state index contributed by atoms with van der Waals surface area (Å²) in [4.78, 5) is 0. The van der Waals surface area contributed by atoms with Crippen LogP contribution < -0.4 is 10.1 Å². The zero-order valence-electron chi connectivity index (χ0n) is 11.9. The molecule has 1 N–H and O–H groups in total. The molecule has 2 atom stereocenters. The first-order chi connectivity index (χ1) is 9.20. The molecule has 1 aliphatic heterocycles. The maximum Gasteiger partial charge on any atom is 0.133 e. The zero-order valence-corrected chi connectivity index (χ0v) is 13.5. The summed E-state index contributed by atoms with van der Waals surface area (Å²) in [6, 6.07) is 6.48. The van der Waals surface area contributed by atoms with Crippen LogP contribution in [0.25, 0.3) is 0 Å². The molecule has 1 aromatic rings. The van der Waals surface area contributed by atoms with Crippen LogP contribution in [0, 0.1) is 5.92 Å². The molecular weight excluding hydrogens is 302 g/mol. The number of halogens is 1. The highest BCUT2D eigenvalue weighted by Crippen LogP contribution is 2.30. The van der Waals surface area contributed by atoms with E-state index in [-0.39, 0.29) is 0 Å². The van der Waals surface area contributed by atoms with E-state index in [1.807, 2.05) is 0 Å². The van der Waals surface area contributed by atoms with Gasteiger partial charge in [0.25, 0.3) is 0 Å². The predicted molar refractivity (Wildman–Crippen MR) is 83.9 cm³/mol. The summed E-state index contributed by atoms with van der Waals surface area (Å²) < 4.78 is 7.04. The fourth-order valence-corrected chi connectivity index (χ4v) is 2.96. The third kappa shape index (κ3) is 4.22. The monoisotopic (exact) mass is 325 g/mol. The van der Waals surface area contributed by atoms with Gasteiger partial charge in [0.15, 0.2) is 0 Å². The van der Waals surface area contributed by atoms with Gasteiger partial charge in [0.2, 0.25) is 0 Å². The highest BCUT2D eigenvalue weighted by molar-refractivity contribution is 9.10. The van der Waals surface area contributed by atoms with Gasteiger partial charge in [0.05, 0.1) is 11.1 Å². The first kappa shape index (κ1) is 14.9. The first-order valence-electron chi connectivity index (χ1n) is 7.33. The third-order valence-electron chi connectivity index (χ3n) is 4.01. The minimum Gasteiger partial charge on any atom is -0.492 e. The Bertz CT molecular complexity index is 402. The molecule has 0 saturated carbocycles. The second-order valence-electron chi connectivity index (χ2n) is 5.52. The second kappa shape index (κ2) is 7.30. The average Bonchev–Trinajstić information content (AvgIpc) is 2.46. The Labute approximate surface area is 125 Å². The normalized spacial score (nSPS) is 21.1. The lowest BCUT2D eigenvalue weighted by Gasteiger charge is -2.23. The smallest absolute Gasteiger partial charge is 0.133 e. The minimum atomic E-state index is 0.605. The Hall–Kier alpha value is -0.540. The lowest BCUT2D eigenvalue weighted by Crippen LogP contribution is -2.33. The molecule has 0 spiro atoms. The molecule has 1 saturated heterocycles. The molecule has 1 aliphatic rings. The van der Waals surface area contributed by atoms with E-state index < -0.39 is 0 Å². The van der Waals surface area contributed by atoms with E-state index in [1.165, 1.54) is 24.8 Å². The highest BCUT2D eigenvalue weighted by atomic mass is 79.9. The van der Waals surface area contributed by atoms with Gasteiger partial charge in [-0.15, -0.1) is 0 Å². The zero-order chi connectivity index (χ0) is 13.7. The quantitative estimate of drug-likeness (QED) is 0.869. The average molecular weight is 326 g/mol. The SMILES string of the molecule is CCC(C)c1ccc(OCC2CCCNC2)c(Br)c1. The van der Waals surface area contributed by atoms with Crippen molar-refractivity contribution < 1.29 is 4.74 Å². The molecule has 2 rings (SSSR count). The van der Waals surface area contributed by atoms with E-state index in [0.717, 1.165) is 29.9 Å². The van der Waals surface area contributed by atoms with Gasteiger partial charge >= 0.3 is 0 Å². The van der Waals surface area contributed by atoms with Gasteiger partial charge in [-0.2, -0.15) is 0 Å². The fraction of sp³-hybridized carbons (Fsp3) is 0.625. The molecule has 1 heterocycles. The van der Waals surface area contributed by atoms with Crippen molar-refractivity contribution in [1.29, 1.82) is 0 Å². The fourth-order valence-electron chi connectivity index (χ4n) is 2.45. The van der Waals surface area contributed by atoms with Gasteiger partial charge in [0.1, 0.15) is 5.75 Å². The standard InChI is InChI=1S/C16H24BrNO/c1-3-12(2)14-6-7-16(15(17)9-14)19-11-13-5-4-8-18-10-13/h6-7,9,12-13,18H,3-5,8,10-11H2,1-2H3. The van der Waals surface area contributed by atoms with Crippen LogP contribution in [0.15, 0.2) is 22.7 Å². The van der Waals surface area contributed by atoms with E-state index >= 15 is 0 Å². The van der Waals surface area contributed by atoms with E-state index in [0.29, 0.717) is 11.8 Å². The largest absolute Gasteiger partial charge is 0.492 e. The van der Waals surface area contributed by atoms with Crippen LogP contribution in [0.5, 0.6) is 5.75 Å². The Morgan fingerprint density at radius 3 is 2.95 bits per heavy atom. The molecule has 0 bridgehead atoms. The lowest BCUT2D eigenvalue weighted by atomic mass is 9.99. The summed E-state index contributed by atoms with van der Waals surface area (Å²) in [6.07, 6.45) is 3.71. The van der Waals surface area contributed by atoms with Gasteiger partial charge in [-0.25, -0.2) is 0 Å². The highest BCUT2D eigenvalue weighted by Gasteiger charge is 2.14. The van der Waals surface area contributed by atoms with Crippen molar-refractivity contribution in [2.75, 3.05) is 19.7 Å². The van der Waals surface area contributed by atoms with Crippen molar-refractivity contribution >= 4 is 15.9 Å². The van der Waals surface area contributed by atoms with Crippen molar-refractivity contribution in [2.45, 2.75) is 39.0 Å². The molecule has 0 radical (unpaired) electrons. The molecule has 19 heavy (non-hydrogen) atoms. The second-order valence-corrected chi connectivity index (χ2v) is 6.38. The summed E-state index contributed by atoms with van der Waals surface area (Å²) in [7, 11) is 0. The van der Waals surface area contributed by atoms with Crippen LogP contribution in [0.1, 0.15) is 44.6 Å². The molecule has 0 aromatic heterocycles. The molecule has 2 nitrogen and oxygen atoms in total. The van der Waals surface area contributed by atoms with Crippen molar-refractivity contribution in [1.82, 2.24) is 5.32 Å². The van der Waals surface area contributed by atoms with Crippen LogP contribution in [0.4, 0.5) is 0 Å². The van der Waals surface area contributed by atoms with Crippen LogP contribution in [0.2, 0.25) is 0 Å². The van der Waals surface area contributed by atoms with Crippen molar-refractivity contribution in [3.63, 3.8) is 0 Å². The van der Waals surface area contributed by atoms with E-state index in [9.17, 15) is 0 Å². The first-order valence-corrected chi connectivity index (χ1v) is 8.13. The van der Waals surface area contributed by atoms with E-state index in [1.54, 1.807) is 0 Å². The van der Waals surface area contributed by atoms with E-state index in [4.69, 9.17) is 4.74 Å². The van der Waals surface area contributed by atoms with Crippen LogP contribution in [-0.4, -0.2) is 19.7 Å². The summed E-state index contributed by atoms with van der Waals surface area (Å²) in [5, 5.41) is 3.43. The minimum absolute atomic E-state index is 0.605. The van der Waals surface area contributed by atoms with Crippen LogP contribution >= 0.6 is 15.9 Å². The molecule has 0 amide bonds. The third-order valence-corrected chi connectivity index (χ3v) is 4.63. The molecule has 106 valence electrons. The molecular formula is C16H24BrNO. The number of benzene rings is 1. The summed E-state index contributed by atoms with van der Waals surface area (Å²) in [6.45, 7) is 7.54. The van der Waals surface area contributed by atoms with Crippen molar-refractivity contribution in [3.05, 3.63) is 28.2 Å². The van der Waals surface area contributed by atoms with Gasteiger partial charge < -0.3 is 10.1 Å². The lowest BCUT2D eigenvalue weighted by molar-refractivity contribution is 0.217. The Kier molecular flexibility index (Phi) is 5.71. The molecule has 3 heteroatoms. The topological polar surface area (TPSA) is 21.3 Å². The maximum atomic E-state index is 5.96. The van der Waals surface area contributed by atoms with Gasteiger partial charge in [0, 0.05) is 12.5 Å².